The molecule has 1 heterocycles. The van der Waals surface area contributed by atoms with Gasteiger partial charge >= 0.3 is 0 Å². The van der Waals surface area contributed by atoms with E-state index in [9.17, 15) is 0 Å². The summed E-state index contributed by atoms with van der Waals surface area (Å²) in [4.78, 5) is 8.39. The molecule has 0 unspecified atom stereocenters. The van der Waals surface area contributed by atoms with Gasteiger partial charge in [0.25, 0.3) is 0 Å². The van der Waals surface area contributed by atoms with E-state index in [0.717, 1.165) is 18.9 Å². The van der Waals surface area contributed by atoms with Crippen molar-refractivity contribution >= 4 is 5.95 Å². The molecule has 0 aliphatic heterocycles. The molecule has 3 nitrogen and oxygen atoms in total. The number of anilines is 1. The third-order valence-corrected chi connectivity index (χ3v) is 3.57. The molecule has 1 aromatic heterocycles. The summed E-state index contributed by atoms with van der Waals surface area (Å²) in [5.41, 5.74) is 1.84. The monoisotopic (exact) mass is 239 g/mol. The number of hydrogen-bond acceptors (Lipinski definition) is 3. The van der Waals surface area contributed by atoms with Crippen LogP contribution in [0.3, 0.4) is 0 Å². The summed E-state index contributed by atoms with van der Waals surface area (Å²) in [5, 5.41) is 3.35. The molecule has 1 fully saturated rings. The minimum atomic E-state index is 0.417. The van der Waals surface area contributed by atoms with Gasteiger partial charge in [-0.3, -0.25) is 0 Å². The average Bonchev–Trinajstić information content (AvgIpc) is 3.19. The molecule has 0 radical (unpaired) electrons. The average molecular weight is 239 g/mol. The van der Waals surface area contributed by atoms with Crippen LogP contribution in [0.25, 0.3) is 0 Å². The highest BCUT2D eigenvalue weighted by atomic mass is 15.1. The maximum atomic E-state index is 4.19. The first kappa shape index (κ1) is 11.2. The topological polar surface area (TPSA) is 37.8 Å². The molecule has 0 spiro atoms. The molecule has 1 aromatic carbocycles. The van der Waals surface area contributed by atoms with Crippen molar-refractivity contribution in [3.8, 4) is 0 Å². The first-order chi connectivity index (χ1) is 8.86. The van der Waals surface area contributed by atoms with Gasteiger partial charge in [-0.1, -0.05) is 30.3 Å². The highest BCUT2D eigenvalue weighted by molar-refractivity contribution is 5.26. The second-order valence-electron chi connectivity index (χ2n) is 5.09. The fourth-order valence-electron chi connectivity index (χ4n) is 2.28. The molecule has 92 valence electrons. The van der Waals surface area contributed by atoms with E-state index >= 15 is 0 Å². The number of rotatable bonds is 5. The van der Waals surface area contributed by atoms with Gasteiger partial charge in [-0.15, -0.1) is 0 Å². The molecule has 1 saturated carbocycles. The molecule has 2 aromatic rings. The Morgan fingerprint density at radius 3 is 2.39 bits per heavy atom. The summed E-state index contributed by atoms with van der Waals surface area (Å²) in [6.07, 6.45) is 7.27. The van der Waals surface area contributed by atoms with Crippen LogP contribution in [-0.2, 0) is 6.42 Å². The van der Waals surface area contributed by atoms with Crippen LogP contribution in [0.4, 0.5) is 5.95 Å². The van der Waals surface area contributed by atoms with Crippen molar-refractivity contribution in [2.75, 3.05) is 11.9 Å². The van der Waals surface area contributed by atoms with Crippen LogP contribution < -0.4 is 5.32 Å². The fourth-order valence-corrected chi connectivity index (χ4v) is 2.28. The van der Waals surface area contributed by atoms with Crippen molar-refractivity contribution in [3.63, 3.8) is 0 Å². The van der Waals surface area contributed by atoms with Gasteiger partial charge in [0.2, 0.25) is 5.95 Å². The minimum absolute atomic E-state index is 0.417. The van der Waals surface area contributed by atoms with Gasteiger partial charge in [-0.25, -0.2) is 9.97 Å². The van der Waals surface area contributed by atoms with Crippen molar-refractivity contribution < 1.29 is 0 Å². The number of benzene rings is 1. The van der Waals surface area contributed by atoms with Crippen LogP contribution in [0.5, 0.6) is 0 Å². The van der Waals surface area contributed by atoms with E-state index in [4.69, 9.17) is 0 Å². The van der Waals surface area contributed by atoms with Crippen LogP contribution in [0.1, 0.15) is 18.4 Å². The predicted octanol–water partition coefficient (Wildman–Crippen LogP) is 2.91. The Kier molecular flexibility index (Phi) is 2.97. The van der Waals surface area contributed by atoms with Crippen molar-refractivity contribution in [2.24, 2.45) is 5.41 Å². The molecule has 3 rings (SSSR count). The normalized spacial score (nSPS) is 16.2. The van der Waals surface area contributed by atoms with Gasteiger partial charge in [-0.2, -0.15) is 0 Å². The number of hydrogen-bond donors (Lipinski definition) is 1. The molecule has 1 N–H and O–H groups in total. The van der Waals surface area contributed by atoms with Crippen LogP contribution in [-0.4, -0.2) is 16.5 Å². The lowest BCUT2D eigenvalue weighted by Gasteiger charge is -2.15. The van der Waals surface area contributed by atoms with Gasteiger partial charge < -0.3 is 5.32 Å². The number of nitrogens with zero attached hydrogens (tertiary/aromatic N) is 2. The van der Waals surface area contributed by atoms with Crippen LogP contribution in [0, 0.1) is 5.41 Å². The molecule has 0 bridgehead atoms. The van der Waals surface area contributed by atoms with Gasteiger partial charge in [0.15, 0.2) is 0 Å². The van der Waals surface area contributed by atoms with Crippen LogP contribution >= 0.6 is 0 Å². The fraction of sp³-hybridized carbons (Fsp3) is 0.333. The molecule has 3 heteroatoms. The Morgan fingerprint density at radius 2 is 1.72 bits per heavy atom. The molecule has 1 aliphatic carbocycles. The summed E-state index contributed by atoms with van der Waals surface area (Å²) in [5.74, 6) is 0.733. The largest absolute Gasteiger partial charge is 0.354 e. The number of aromatic nitrogens is 2. The Labute approximate surface area is 107 Å². The smallest absolute Gasteiger partial charge is 0.222 e. The molecular weight excluding hydrogens is 222 g/mol. The highest BCUT2D eigenvalue weighted by Crippen LogP contribution is 2.48. The van der Waals surface area contributed by atoms with E-state index in [1.807, 2.05) is 6.07 Å². The summed E-state index contributed by atoms with van der Waals surface area (Å²) in [6.45, 7) is 0.964. The lowest BCUT2D eigenvalue weighted by atomic mass is 9.96. The van der Waals surface area contributed by atoms with Crippen molar-refractivity contribution in [1.82, 2.24) is 9.97 Å². The lowest BCUT2D eigenvalue weighted by molar-refractivity contribution is 0.536. The van der Waals surface area contributed by atoms with Crippen molar-refractivity contribution in [1.29, 1.82) is 0 Å². The second-order valence-corrected chi connectivity index (χ2v) is 5.09. The SMILES string of the molecule is c1ccc(CC2(CNc3ncccn3)CC2)cc1. The Bertz CT molecular complexity index is 492. The third kappa shape index (κ3) is 2.67. The van der Waals surface area contributed by atoms with Crippen molar-refractivity contribution in [2.45, 2.75) is 19.3 Å². The van der Waals surface area contributed by atoms with Crippen LogP contribution in [0.15, 0.2) is 48.8 Å². The van der Waals surface area contributed by atoms with Gasteiger partial charge in [-0.05, 0) is 36.3 Å². The standard InChI is InChI=1S/C15H17N3/c1-2-5-13(6-3-1)11-15(7-8-15)12-18-14-16-9-4-10-17-14/h1-6,9-10H,7-8,11-12H2,(H,16,17,18). The molecular formula is C15H17N3. The first-order valence-corrected chi connectivity index (χ1v) is 6.41. The molecule has 0 amide bonds. The van der Waals surface area contributed by atoms with Crippen molar-refractivity contribution in [3.05, 3.63) is 54.4 Å². The van der Waals surface area contributed by atoms with E-state index < -0.39 is 0 Å². The Balaban J connectivity index is 1.59. The van der Waals surface area contributed by atoms with Gasteiger partial charge in [0.05, 0.1) is 0 Å². The second kappa shape index (κ2) is 4.77. The van der Waals surface area contributed by atoms with E-state index in [2.05, 4.69) is 45.6 Å². The van der Waals surface area contributed by atoms with E-state index in [1.165, 1.54) is 18.4 Å². The molecule has 0 atom stereocenters. The molecule has 18 heavy (non-hydrogen) atoms. The maximum absolute atomic E-state index is 4.19. The zero-order valence-electron chi connectivity index (χ0n) is 10.3. The maximum Gasteiger partial charge on any atom is 0.222 e. The number of nitrogens with one attached hydrogen (secondary N) is 1. The summed E-state index contributed by atoms with van der Waals surface area (Å²) < 4.78 is 0. The van der Waals surface area contributed by atoms with Gasteiger partial charge in [0.1, 0.15) is 0 Å². The van der Waals surface area contributed by atoms with E-state index in [1.54, 1.807) is 12.4 Å². The van der Waals surface area contributed by atoms with E-state index in [0.29, 0.717) is 5.41 Å². The summed E-state index contributed by atoms with van der Waals surface area (Å²) in [7, 11) is 0. The quantitative estimate of drug-likeness (QED) is 0.871. The first-order valence-electron chi connectivity index (χ1n) is 6.41. The van der Waals surface area contributed by atoms with E-state index in [-0.39, 0.29) is 0 Å². The highest BCUT2D eigenvalue weighted by Gasteiger charge is 2.42. The Morgan fingerprint density at radius 1 is 1.00 bits per heavy atom. The molecule has 0 saturated heterocycles. The summed E-state index contributed by atoms with van der Waals surface area (Å²) in [6, 6.07) is 12.5. The van der Waals surface area contributed by atoms with Gasteiger partial charge in [0, 0.05) is 18.9 Å². The zero-order valence-corrected chi connectivity index (χ0v) is 10.3. The Hall–Kier alpha value is -1.90. The molecule has 1 aliphatic rings. The summed E-state index contributed by atoms with van der Waals surface area (Å²) >= 11 is 0. The third-order valence-electron chi connectivity index (χ3n) is 3.57. The van der Waals surface area contributed by atoms with Crippen LogP contribution in [0.2, 0.25) is 0 Å². The predicted molar refractivity (Wildman–Crippen MR) is 72.3 cm³/mol. The lowest BCUT2D eigenvalue weighted by Crippen LogP contribution is -2.19. The zero-order chi connectivity index (χ0) is 12.3. The minimum Gasteiger partial charge on any atom is -0.354 e.